The minimum absolute atomic E-state index is 0.0983. The van der Waals surface area contributed by atoms with Gasteiger partial charge in [0, 0.05) is 10.9 Å². The van der Waals surface area contributed by atoms with Crippen LogP contribution in [-0.2, 0) is 11.2 Å². The Morgan fingerprint density at radius 3 is 2.63 bits per heavy atom. The van der Waals surface area contributed by atoms with Gasteiger partial charge in [-0.2, -0.15) is 9.78 Å². The lowest BCUT2D eigenvalue weighted by molar-refractivity contribution is -0.118. The van der Waals surface area contributed by atoms with Crippen LogP contribution in [0.3, 0.4) is 0 Å². The van der Waals surface area contributed by atoms with Crippen molar-refractivity contribution in [2.24, 2.45) is 5.10 Å². The largest absolute Gasteiger partial charge is 0.482 e. The number of nitrogens with zero attached hydrogens (tertiary/aromatic N) is 3. The molecule has 0 radical (unpaired) electrons. The molecule has 1 amide bonds. The van der Waals surface area contributed by atoms with Crippen molar-refractivity contribution < 1.29 is 13.9 Å². The van der Waals surface area contributed by atoms with Crippen molar-refractivity contribution in [2.75, 3.05) is 11.9 Å². The molecule has 7 nitrogen and oxygen atoms in total. The molecule has 1 heterocycles. The summed E-state index contributed by atoms with van der Waals surface area (Å²) in [5, 5.41) is 7.49. The average molecular weight is 803 g/mol. The highest BCUT2D eigenvalue weighted by Gasteiger charge is 2.14. The molecule has 0 aliphatic rings. The number of fused-ring (bicyclic) bond motifs is 1. The minimum atomic E-state index is -0.514. The van der Waals surface area contributed by atoms with Crippen LogP contribution in [0.4, 0.5) is 10.1 Å². The van der Waals surface area contributed by atoms with Crippen LogP contribution < -0.4 is 15.6 Å². The number of aryl methyl sites for hydroxylation is 1. The Balaban J connectivity index is 1.56. The number of para-hydroxylation sites is 1. The van der Waals surface area contributed by atoms with Crippen LogP contribution in [0.1, 0.15) is 31.2 Å². The third-order valence-electron chi connectivity index (χ3n) is 5.47. The van der Waals surface area contributed by atoms with Crippen LogP contribution in [0.15, 0.2) is 69.0 Å². The molecule has 0 bridgehead atoms. The molecular weight excluding hydrogens is 781 g/mol. The summed E-state index contributed by atoms with van der Waals surface area (Å²) in [6.45, 7) is 1.81. The molecule has 4 rings (SSSR count). The molecule has 11 heteroatoms. The summed E-state index contributed by atoms with van der Waals surface area (Å²) in [4.78, 5) is 30.2. The molecule has 196 valence electrons. The van der Waals surface area contributed by atoms with E-state index in [-0.39, 0.29) is 17.9 Å². The summed E-state index contributed by atoms with van der Waals surface area (Å²) < 4.78 is 23.2. The van der Waals surface area contributed by atoms with Crippen LogP contribution in [-0.4, -0.2) is 28.4 Å². The molecule has 0 aliphatic carbocycles. The Labute approximate surface area is 254 Å². The van der Waals surface area contributed by atoms with Crippen molar-refractivity contribution in [1.82, 2.24) is 9.66 Å². The normalized spacial score (nSPS) is 11.3. The van der Waals surface area contributed by atoms with E-state index >= 15 is 0 Å². The molecule has 1 aromatic heterocycles. The zero-order chi connectivity index (χ0) is 27.2. The number of benzene rings is 3. The van der Waals surface area contributed by atoms with Gasteiger partial charge >= 0.3 is 0 Å². The van der Waals surface area contributed by atoms with Gasteiger partial charge < -0.3 is 10.1 Å². The number of hydrogen-bond donors (Lipinski definition) is 1. The standard InChI is InChI=1S/C27H22BrFI2N4O3/c1-2-3-8-24-33-22-10-9-17(28)13-18(22)27(37)35(24)32-14-16-11-20(30)26(21(31)12-16)38-15-25(36)34-23-7-5-4-6-19(23)29/h4-7,9-14H,2-3,8,15H2,1H3,(H,34,36). The fraction of sp³-hybridized carbons (Fsp3) is 0.185. The van der Waals surface area contributed by atoms with Gasteiger partial charge in [-0.1, -0.05) is 41.4 Å². The van der Waals surface area contributed by atoms with Crippen LogP contribution in [0.2, 0.25) is 0 Å². The molecule has 0 spiro atoms. The zero-order valence-corrected chi connectivity index (χ0v) is 26.1. The number of amides is 1. The molecule has 38 heavy (non-hydrogen) atoms. The first-order valence-corrected chi connectivity index (χ1v) is 14.6. The lowest BCUT2D eigenvalue weighted by atomic mass is 10.2. The average Bonchev–Trinajstić information content (AvgIpc) is 2.88. The second-order valence-electron chi connectivity index (χ2n) is 8.28. The van der Waals surface area contributed by atoms with E-state index in [0.29, 0.717) is 28.9 Å². The first-order chi connectivity index (χ1) is 18.3. The number of unbranched alkanes of at least 4 members (excludes halogenated alkanes) is 1. The van der Waals surface area contributed by atoms with Gasteiger partial charge in [-0.3, -0.25) is 9.59 Å². The Kier molecular flexibility index (Phi) is 9.87. The molecule has 1 N–H and O–H groups in total. The first-order valence-electron chi connectivity index (χ1n) is 11.7. The maximum Gasteiger partial charge on any atom is 0.282 e. The maximum absolute atomic E-state index is 13.8. The Bertz CT molecular complexity index is 1570. The van der Waals surface area contributed by atoms with Crippen LogP contribution in [0, 0.1) is 13.0 Å². The Hall–Kier alpha value is -2.39. The highest BCUT2D eigenvalue weighted by Crippen LogP contribution is 2.29. The number of anilines is 1. The zero-order valence-electron chi connectivity index (χ0n) is 20.2. The third-order valence-corrected chi connectivity index (χ3v) is 7.56. The van der Waals surface area contributed by atoms with E-state index < -0.39 is 11.7 Å². The van der Waals surface area contributed by atoms with E-state index in [1.54, 1.807) is 24.4 Å². The Morgan fingerprint density at radius 2 is 1.92 bits per heavy atom. The molecule has 0 unspecified atom stereocenters. The first kappa shape index (κ1) is 28.6. The fourth-order valence-electron chi connectivity index (χ4n) is 3.61. The number of carbonyl (C=O) groups is 1. The van der Waals surface area contributed by atoms with E-state index in [1.807, 2.05) is 24.3 Å². The van der Waals surface area contributed by atoms with Gasteiger partial charge in [0.15, 0.2) is 6.61 Å². The lowest BCUT2D eigenvalue weighted by Crippen LogP contribution is -2.22. The van der Waals surface area contributed by atoms with Crippen LogP contribution in [0.25, 0.3) is 10.9 Å². The van der Waals surface area contributed by atoms with E-state index in [4.69, 9.17) is 9.72 Å². The van der Waals surface area contributed by atoms with Crippen LogP contribution >= 0.6 is 61.1 Å². The van der Waals surface area contributed by atoms with E-state index in [1.165, 1.54) is 16.8 Å². The van der Waals surface area contributed by atoms with Gasteiger partial charge in [-0.15, -0.1) is 0 Å². The number of hydrogen-bond acceptors (Lipinski definition) is 5. The van der Waals surface area contributed by atoms with E-state index in [2.05, 4.69) is 78.5 Å². The van der Waals surface area contributed by atoms with E-state index in [9.17, 15) is 14.0 Å². The van der Waals surface area contributed by atoms with Gasteiger partial charge in [0.1, 0.15) is 17.4 Å². The highest BCUT2D eigenvalue weighted by molar-refractivity contribution is 14.1. The predicted molar refractivity (Wildman–Crippen MR) is 168 cm³/mol. The number of carbonyl (C=O) groups excluding carboxylic acids is 1. The minimum Gasteiger partial charge on any atom is -0.482 e. The Morgan fingerprint density at radius 1 is 1.18 bits per heavy atom. The van der Waals surface area contributed by atoms with Gasteiger partial charge in [-0.05, 0) is 99.6 Å². The van der Waals surface area contributed by atoms with Crippen molar-refractivity contribution in [2.45, 2.75) is 26.2 Å². The van der Waals surface area contributed by atoms with Crippen molar-refractivity contribution in [1.29, 1.82) is 0 Å². The summed E-state index contributed by atoms with van der Waals surface area (Å²) in [5.74, 6) is 0.153. The molecule has 0 saturated heterocycles. The van der Waals surface area contributed by atoms with Crippen molar-refractivity contribution in [3.63, 3.8) is 0 Å². The van der Waals surface area contributed by atoms with Gasteiger partial charge in [0.25, 0.3) is 11.5 Å². The quantitative estimate of drug-likeness (QED) is 0.150. The highest BCUT2D eigenvalue weighted by atomic mass is 127. The smallest absolute Gasteiger partial charge is 0.282 e. The summed E-state index contributed by atoms with van der Waals surface area (Å²) in [7, 11) is 0. The van der Waals surface area contributed by atoms with Crippen LogP contribution in [0.5, 0.6) is 5.75 Å². The number of nitrogens with one attached hydrogen (secondary N) is 1. The maximum atomic E-state index is 13.8. The molecule has 0 atom stereocenters. The van der Waals surface area contributed by atoms with Gasteiger partial charge in [-0.25, -0.2) is 9.37 Å². The topological polar surface area (TPSA) is 85.6 Å². The monoisotopic (exact) mass is 802 g/mol. The summed E-state index contributed by atoms with van der Waals surface area (Å²) in [5.41, 5.74) is 1.26. The molecule has 0 aliphatic heterocycles. The second kappa shape index (κ2) is 13.1. The number of aromatic nitrogens is 2. The summed E-state index contributed by atoms with van der Waals surface area (Å²) in [6, 6.07) is 15.1. The molecule has 3 aromatic carbocycles. The second-order valence-corrected chi connectivity index (χ2v) is 11.5. The number of halogens is 4. The third kappa shape index (κ3) is 6.97. The summed E-state index contributed by atoms with van der Waals surface area (Å²) in [6.07, 6.45) is 4.09. The van der Waals surface area contributed by atoms with Crippen molar-refractivity contribution >= 4 is 89.8 Å². The van der Waals surface area contributed by atoms with E-state index in [0.717, 1.165) is 30.0 Å². The SMILES string of the molecule is CCCCc1nc2ccc(Br)cc2c(=O)n1N=Cc1cc(I)c(OCC(=O)Nc2ccccc2F)c(I)c1. The molecule has 4 aromatic rings. The van der Waals surface area contributed by atoms with Gasteiger partial charge in [0.2, 0.25) is 0 Å². The lowest BCUT2D eigenvalue weighted by Gasteiger charge is -2.12. The number of ether oxygens (including phenoxy) is 1. The van der Waals surface area contributed by atoms with Gasteiger partial charge in [0.05, 0.1) is 29.9 Å². The van der Waals surface area contributed by atoms with Crippen molar-refractivity contribution in [3.8, 4) is 5.75 Å². The predicted octanol–water partition coefficient (Wildman–Crippen LogP) is 6.75. The summed E-state index contributed by atoms with van der Waals surface area (Å²) >= 11 is 7.66. The molecule has 0 saturated carbocycles. The molecule has 0 fully saturated rings. The number of rotatable bonds is 9. The molecular formula is C27H22BrFI2N4O3. The van der Waals surface area contributed by atoms with Crippen molar-refractivity contribution in [3.05, 3.63) is 93.8 Å². The fourth-order valence-corrected chi connectivity index (χ4v) is 6.10.